The van der Waals surface area contributed by atoms with Crippen LogP contribution in [0.1, 0.15) is 32.1 Å². The molecule has 4 heteroatoms. The molecule has 1 heterocycles. The molecule has 0 radical (unpaired) electrons. The van der Waals surface area contributed by atoms with E-state index in [1.54, 1.807) is 18.0 Å². The van der Waals surface area contributed by atoms with Crippen molar-refractivity contribution in [2.24, 2.45) is 0 Å². The van der Waals surface area contributed by atoms with Crippen molar-refractivity contribution in [3.05, 3.63) is 52.4 Å². The van der Waals surface area contributed by atoms with Crippen LogP contribution in [0.15, 0.2) is 50.4 Å². The molecule has 20 heavy (non-hydrogen) atoms. The van der Waals surface area contributed by atoms with Crippen LogP contribution in [0.5, 0.6) is 0 Å². The number of hydrogen-bond acceptors (Lipinski definition) is 3. The Labute approximate surface area is 133 Å². The second-order valence-corrected chi connectivity index (χ2v) is 7.66. The first-order valence-corrected chi connectivity index (χ1v) is 8.40. The summed E-state index contributed by atoms with van der Waals surface area (Å²) in [6.07, 6.45) is 1.72. The SMILES string of the molecule is CC(C)(C)NCc1ccc(Br)cc1SCc1ccco1. The Kier molecular flexibility index (Phi) is 5.35. The number of hydrogen-bond donors (Lipinski definition) is 1. The molecule has 0 aliphatic rings. The molecule has 0 unspecified atom stereocenters. The predicted molar refractivity (Wildman–Crippen MR) is 89.0 cm³/mol. The fraction of sp³-hybridized carbons (Fsp3) is 0.375. The molecule has 0 saturated carbocycles. The van der Waals surface area contributed by atoms with Crippen LogP contribution >= 0.6 is 27.7 Å². The molecule has 108 valence electrons. The first-order valence-electron chi connectivity index (χ1n) is 6.63. The predicted octanol–water partition coefficient (Wildman–Crippen LogP) is 5.22. The minimum absolute atomic E-state index is 0.121. The molecule has 0 aliphatic carbocycles. The van der Waals surface area contributed by atoms with E-state index in [0.717, 1.165) is 22.5 Å². The third-order valence-electron chi connectivity index (χ3n) is 2.79. The maximum atomic E-state index is 5.39. The number of nitrogens with one attached hydrogen (secondary N) is 1. The lowest BCUT2D eigenvalue weighted by atomic mass is 10.1. The van der Waals surface area contributed by atoms with Gasteiger partial charge in [-0.2, -0.15) is 0 Å². The fourth-order valence-corrected chi connectivity index (χ4v) is 3.22. The summed E-state index contributed by atoms with van der Waals surface area (Å²) in [6.45, 7) is 7.42. The molecule has 2 rings (SSSR count). The number of halogens is 1. The molecular weight excluding hydrogens is 334 g/mol. The Bertz CT molecular complexity index is 546. The van der Waals surface area contributed by atoms with Gasteiger partial charge in [-0.3, -0.25) is 0 Å². The lowest BCUT2D eigenvalue weighted by Crippen LogP contribution is -2.35. The van der Waals surface area contributed by atoms with Gasteiger partial charge < -0.3 is 9.73 Å². The van der Waals surface area contributed by atoms with Gasteiger partial charge in [0.15, 0.2) is 0 Å². The molecule has 2 aromatic rings. The topological polar surface area (TPSA) is 25.2 Å². The number of thioether (sulfide) groups is 1. The zero-order chi connectivity index (χ0) is 14.6. The summed E-state index contributed by atoms with van der Waals surface area (Å²) in [5, 5.41) is 3.54. The van der Waals surface area contributed by atoms with Gasteiger partial charge in [-0.15, -0.1) is 11.8 Å². The van der Waals surface area contributed by atoms with Crippen molar-refractivity contribution < 1.29 is 4.42 Å². The zero-order valence-electron chi connectivity index (χ0n) is 12.1. The Morgan fingerprint density at radius 3 is 2.70 bits per heavy atom. The van der Waals surface area contributed by atoms with E-state index in [4.69, 9.17) is 4.42 Å². The molecule has 0 saturated heterocycles. The summed E-state index contributed by atoms with van der Waals surface area (Å²) >= 11 is 5.35. The number of benzene rings is 1. The van der Waals surface area contributed by atoms with Crippen molar-refractivity contribution in [1.29, 1.82) is 0 Å². The molecule has 1 aromatic heterocycles. The van der Waals surface area contributed by atoms with Crippen LogP contribution in [0.3, 0.4) is 0 Å². The summed E-state index contributed by atoms with van der Waals surface area (Å²) in [7, 11) is 0. The Hall–Kier alpha value is -0.710. The van der Waals surface area contributed by atoms with E-state index in [0.29, 0.717) is 0 Å². The van der Waals surface area contributed by atoms with Gasteiger partial charge in [0.05, 0.1) is 12.0 Å². The zero-order valence-corrected chi connectivity index (χ0v) is 14.5. The van der Waals surface area contributed by atoms with Crippen LogP contribution in [0.2, 0.25) is 0 Å². The first kappa shape index (κ1) is 15.7. The first-order chi connectivity index (χ1) is 9.44. The van der Waals surface area contributed by atoms with Gasteiger partial charge in [0.2, 0.25) is 0 Å². The van der Waals surface area contributed by atoms with Crippen LogP contribution < -0.4 is 5.32 Å². The average molecular weight is 354 g/mol. The molecule has 0 bridgehead atoms. The van der Waals surface area contributed by atoms with Gasteiger partial charge in [0, 0.05) is 21.5 Å². The van der Waals surface area contributed by atoms with Crippen molar-refractivity contribution in [2.75, 3.05) is 0 Å². The van der Waals surface area contributed by atoms with Gasteiger partial charge in [-0.25, -0.2) is 0 Å². The van der Waals surface area contributed by atoms with Gasteiger partial charge in [-0.1, -0.05) is 22.0 Å². The van der Waals surface area contributed by atoms with E-state index in [-0.39, 0.29) is 5.54 Å². The number of rotatable bonds is 5. The highest BCUT2D eigenvalue weighted by Gasteiger charge is 2.11. The lowest BCUT2D eigenvalue weighted by Gasteiger charge is -2.21. The third-order valence-corrected chi connectivity index (χ3v) is 4.40. The minimum atomic E-state index is 0.121. The summed E-state index contributed by atoms with van der Waals surface area (Å²) in [5.41, 5.74) is 1.44. The molecule has 1 N–H and O–H groups in total. The van der Waals surface area contributed by atoms with Gasteiger partial charge >= 0.3 is 0 Å². The average Bonchev–Trinajstić information content (AvgIpc) is 2.87. The molecular formula is C16H20BrNOS. The normalized spacial score (nSPS) is 11.8. The third kappa shape index (κ3) is 5.00. The summed E-state index contributed by atoms with van der Waals surface area (Å²) in [6, 6.07) is 10.4. The maximum absolute atomic E-state index is 5.39. The molecule has 0 atom stereocenters. The van der Waals surface area contributed by atoms with E-state index in [9.17, 15) is 0 Å². The molecule has 0 aliphatic heterocycles. The van der Waals surface area contributed by atoms with Crippen LogP contribution in [0, 0.1) is 0 Å². The minimum Gasteiger partial charge on any atom is -0.468 e. The van der Waals surface area contributed by atoms with E-state index in [1.165, 1.54) is 10.5 Å². The van der Waals surface area contributed by atoms with Crippen molar-refractivity contribution in [2.45, 2.75) is 43.5 Å². The number of furan rings is 1. The van der Waals surface area contributed by atoms with Gasteiger partial charge in [0.1, 0.15) is 5.76 Å². The largest absolute Gasteiger partial charge is 0.468 e. The van der Waals surface area contributed by atoms with Crippen molar-refractivity contribution >= 4 is 27.7 Å². The quantitative estimate of drug-likeness (QED) is 0.745. The van der Waals surface area contributed by atoms with E-state index in [2.05, 4.69) is 60.2 Å². The highest BCUT2D eigenvalue weighted by Crippen LogP contribution is 2.29. The second kappa shape index (κ2) is 6.83. The molecule has 0 spiro atoms. The van der Waals surface area contributed by atoms with Gasteiger partial charge in [-0.05, 0) is 50.6 Å². The lowest BCUT2D eigenvalue weighted by molar-refractivity contribution is 0.422. The standard InChI is InChI=1S/C16H20BrNOS/c1-16(2,3)18-10-12-6-7-13(17)9-15(12)20-11-14-5-4-8-19-14/h4-9,18H,10-11H2,1-3H3. The fourth-order valence-electron chi connectivity index (χ4n) is 1.71. The highest BCUT2D eigenvalue weighted by atomic mass is 79.9. The van der Waals surface area contributed by atoms with E-state index < -0.39 is 0 Å². The van der Waals surface area contributed by atoms with Crippen LogP contribution in [-0.2, 0) is 12.3 Å². The summed E-state index contributed by atoms with van der Waals surface area (Å²) < 4.78 is 6.50. The van der Waals surface area contributed by atoms with E-state index >= 15 is 0 Å². The summed E-state index contributed by atoms with van der Waals surface area (Å²) in [4.78, 5) is 1.28. The molecule has 2 nitrogen and oxygen atoms in total. The monoisotopic (exact) mass is 353 g/mol. The Balaban J connectivity index is 2.07. The van der Waals surface area contributed by atoms with Crippen LogP contribution in [-0.4, -0.2) is 5.54 Å². The highest BCUT2D eigenvalue weighted by molar-refractivity contribution is 9.10. The molecule has 1 aromatic carbocycles. The van der Waals surface area contributed by atoms with E-state index in [1.807, 2.05) is 12.1 Å². The van der Waals surface area contributed by atoms with Crippen LogP contribution in [0.4, 0.5) is 0 Å². The van der Waals surface area contributed by atoms with Gasteiger partial charge in [0.25, 0.3) is 0 Å². The van der Waals surface area contributed by atoms with Crippen molar-refractivity contribution in [3.8, 4) is 0 Å². The van der Waals surface area contributed by atoms with Crippen molar-refractivity contribution in [3.63, 3.8) is 0 Å². The Morgan fingerprint density at radius 1 is 1.25 bits per heavy atom. The second-order valence-electron chi connectivity index (χ2n) is 5.72. The smallest absolute Gasteiger partial charge is 0.113 e. The Morgan fingerprint density at radius 2 is 2.05 bits per heavy atom. The van der Waals surface area contributed by atoms with Crippen molar-refractivity contribution in [1.82, 2.24) is 5.32 Å². The van der Waals surface area contributed by atoms with Crippen LogP contribution in [0.25, 0.3) is 0 Å². The molecule has 0 amide bonds. The molecule has 0 fully saturated rings. The maximum Gasteiger partial charge on any atom is 0.113 e. The summed E-state index contributed by atoms with van der Waals surface area (Å²) in [5.74, 6) is 1.86.